The van der Waals surface area contributed by atoms with Gasteiger partial charge in [-0.2, -0.15) is 0 Å². The largest absolute Gasteiger partial charge is 0.365 e. The molecule has 0 radical (unpaired) electrons. The molecule has 0 aromatic heterocycles. The van der Waals surface area contributed by atoms with Crippen molar-refractivity contribution in [1.29, 1.82) is 0 Å². The van der Waals surface area contributed by atoms with Gasteiger partial charge in [0.15, 0.2) is 0 Å². The Morgan fingerprint density at radius 1 is 1.60 bits per heavy atom. The fourth-order valence-corrected chi connectivity index (χ4v) is 1.09. The molecule has 0 unspecified atom stereocenters. The Morgan fingerprint density at radius 3 is 2.80 bits per heavy atom. The minimum Gasteiger partial charge on any atom is -0.365 e. The fourth-order valence-electron chi connectivity index (χ4n) is 0.860. The second-order valence-corrected chi connectivity index (χ2v) is 3.15. The standard InChI is InChI=1S/C6H11BrFNO/c7-1-2-10-5-9-3-6(8)4-9/h6H,1-5H2. The third-order valence-electron chi connectivity index (χ3n) is 1.41. The number of hydrogen-bond donors (Lipinski definition) is 0. The predicted octanol–water partition coefficient (Wildman–Crippen LogP) is 1.01. The van der Waals surface area contributed by atoms with Crippen LogP contribution >= 0.6 is 15.9 Å². The molecule has 0 aromatic carbocycles. The molecular formula is C6H11BrFNO. The van der Waals surface area contributed by atoms with Crippen LogP contribution in [0.4, 0.5) is 4.39 Å². The van der Waals surface area contributed by atoms with Crippen LogP contribution in [0.1, 0.15) is 0 Å². The lowest BCUT2D eigenvalue weighted by molar-refractivity contribution is -0.0367. The van der Waals surface area contributed by atoms with E-state index in [1.54, 1.807) is 0 Å². The summed E-state index contributed by atoms with van der Waals surface area (Å²) < 4.78 is 17.3. The van der Waals surface area contributed by atoms with Gasteiger partial charge >= 0.3 is 0 Å². The first-order valence-electron chi connectivity index (χ1n) is 3.33. The van der Waals surface area contributed by atoms with Gasteiger partial charge in [0, 0.05) is 18.4 Å². The SMILES string of the molecule is FC1CN(COCCBr)C1. The quantitative estimate of drug-likeness (QED) is 0.509. The molecule has 1 heterocycles. The van der Waals surface area contributed by atoms with E-state index in [1.807, 2.05) is 4.90 Å². The van der Waals surface area contributed by atoms with Crippen molar-refractivity contribution in [1.82, 2.24) is 4.90 Å². The van der Waals surface area contributed by atoms with Crippen LogP contribution in [0.15, 0.2) is 0 Å². The third-order valence-corrected chi connectivity index (χ3v) is 1.73. The molecule has 60 valence electrons. The molecule has 1 rings (SSSR count). The number of hydrogen-bond acceptors (Lipinski definition) is 2. The topological polar surface area (TPSA) is 12.5 Å². The van der Waals surface area contributed by atoms with Gasteiger partial charge in [-0.15, -0.1) is 0 Å². The average molecular weight is 212 g/mol. The summed E-state index contributed by atoms with van der Waals surface area (Å²) in [5, 5.41) is 0.847. The van der Waals surface area contributed by atoms with Crippen LogP contribution in [-0.4, -0.2) is 42.8 Å². The molecule has 1 aliphatic heterocycles. The maximum Gasteiger partial charge on any atom is 0.126 e. The minimum atomic E-state index is -0.618. The molecular weight excluding hydrogens is 201 g/mol. The van der Waals surface area contributed by atoms with Crippen molar-refractivity contribution in [3.8, 4) is 0 Å². The zero-order valence-corrected chi connectivity index (χ0v) is 7.31. The Labute approximate surface area is 68.5 Å². The van der Waals surface area contributed by atoms with Crippen LogP contribution in [0.5, 0.6) is 0 Å². The number of rotatable bonds is 4. The van der Waals surface area contributed by atoms with Crippen molar-refractivity contribution in [3.63, 3.8) is 0 Å². The Hall–Kier alpha value is 0.330. The molecule has 0 saturated carbocycles. The monoisotopic (exact) mass is 211 g/mol. The zero-order valence-electron chi connectivity index (χ0n) is 5.72. The van der Waals surface area contributed by atoms with E-state index in [0.29, 0.717) is 26.4 Å². The van der Waals surface area contributed by atoms with Gasteiger partial charge in [-0.1, -0.05) is 15.9 Å². The Kier molecular flexibility index (Phi) is 3.59. The zero-order chi connectivity index (χ0) is 7.40. The van der Waals surface area contributed by atoms with Crippen molar-refractivity contribution >= 4 is 15.9 Å². The van der Waals surface area contributed by atoms with E-state index < -0.39 is 6.17 Å². The van der Waals surface area contributed by atoms with E-state index in [9.17, 15) is 4.39 Å². The number of halogens is 2. The van der Waals surface area contributed by atoms with Crippen molar-refractivity contribution in [2.24, 2.45) is 0 Å². The first-order chi connectivity index (χ1) is 4.83. The van der Waals surface area contributed by atoms with Crippen LogP contribution in [0, 0.1) is 0 Å². The summed E-state index contributed by atoms with van der Waals surface area (Å²) in [7, 11) is 0. The lowest BCUT2D eigenvalue weighted by Gasteiger charge is -2.33. The summed E-state index contributed by atoms with van der Waals surface area (Å²) in [6.07, 6.45) is -0.618. The fraction of sp³-hybridized carbons (Fsp3) is 1.00. The average Bonchev–Trinajstić information content (AvgIpc) is 1.85. The number of nitrogens with zero attached hydrogens (tertiary/aromatic N) is 1. The Balaban J connectivity index is 1.86. The summed E-state index contributed by atoms with van der Waals surface area (Å²) in [5.41, 5.74) is 0. The number of ether oxygens (including phenoxy) is 1. The second kappa shape index (κ2) is 4.26. The summed E-state index contributed by atoms with van der Waals surface area (Å²) in [4.78, 5) is 1.94. The number of likely N-dealkylation sites (tertiary alicyclic amines) is 1. The molecule has 4 heteroatoms. The summed E-state index contributed by atoms with van der Waals surface area (Å²) in [5.74, 6) is 0. The van der Waals surface area contributed by atoms with Crippen molar-refractivity contribution in [2.45, 2.75) is 6.17 Å². The van der Waals surface area contributed by atoms with Crippen molar-refractivity contribution in [2.75, 3.05) is 31.8 Å². The number of alkyl halides is 2. The summed E-state index contributed by atoms with van der Waals surface area (Å²) in [6.45, 7) is 2.37. The molecule has 2 nitrogen and oxygen atoms in total. The molecule has 0 atom stereocenters. The minimum absolute atomic E-state index is 0.544. The van der Waals surface area contributed by atoms with Crippen molar-refractivity contribution in [3.05, 3.63) is 0 Å². The predicted molar refractivity (Wildman–Crippen MR) is 41.1 cm³/mol. The molecule has 0 aromatic rings. The molecule has 1 fully saturated rings. The van der Waals surface area contributed by atoms with Gasteiger partial charge in [-0.25, -0.2) is 4.39 Å². The van der Waals surface area contributed by atoms with Crippen LogP contribution in [0.3, 0.4) is 0 Å². The molecule has 1 aliphatic rings. The van der Waals surface area contributed by atoms with Gasteiger partial charge in [0.2, 0.25) is 0 Å². The Bertz CT molecular complexity index is 97.7. The van der Waals surface area contributed by atoms with Crippen LogP contribution in [0.25, 0.3) is 0 Å². The van der Waals surface area contributed by atoms with Gasteiger partial charge in [0.1, 0.15) is 6.17 Å². The highest BCUT2D eigenvalue weighted by Crippen LogP contribution is 2.09. The highest BCUT2D eigenvalue weighted by Gasteiger charge is 2.25. The van der Waals surface area contributed by atoms with Crippen LogP contribution in [0.2, 0.25) is 0 Å². The van der Waals surface area contributed by atoms with Gasteiger partial charge < -0.3 is 4.74 Å². The van der Waals surface area contributed by atoms with E-state index in [1.165, 1.54) is 0 Å². The molecule has 0 aliphatic carbocycles. The molecule has 0 spiro atoms. The smallest absolute Gasteiger partial charge is 0.126 e. The lowest BCUT2D eigenvalue weighted by atomic mass is 10.2. The van der Waals surface area contributed by atoms with Crippen LogP contribution < -0.4 is 0 Å². The highest BCUT2D eigenvalue weighted by molar-refractivity contribution is 9.09. The molecule has 1 saturated heterocycles. The first-order valence-corrected chi connectivity index (χ1v) is 4.45. The third kappa shape index (κ3) is 2.52. The van der Waals surface area contributed by atoms with E-state index >= 15 is 0 Å². The maximum atomic E-state index is 12.2. The van der Waals surface area contributed by atoms with Gasteiger partial charge in [-0.3, -0.25) is 4.90 Å². The Morgan fingerprint density at radius 2 is 2.30 bits per heavy atom. The lowest BCUT2D eigenvalue weighted by Crippen LogP contribution is -2.49. The molecule has 0 bridgehead atoms. The summed E-state index contributed by atoms with van der Waals surface area (Å²) in [6, 6.07) is 0. The van der Waals surface area contributed by atoms with Gasteiger partial charge in [0.05, 0.1) is 13.3 Å². The van der Waals surface area contributed by atoms with E-state index in [4.69, 9.17) is 4.74 Å². The highest BCUT2D eigenvalue weighted by atomic mass is 79.9. The first kappa shape index (κ1) is 8.43. The van der Waals surface area contributed by atoms with E-state index in [2.05, 4.69) is 15.9 Å². The van der Waals surface area contributed by atoms with Crippen LogP contribution in [-0.2, 0) is 4.74 Å². The normalized spacial score (nSPS) is 21.0. The summed E-state index contributed by atoms with van der Waals surface area (Å²) >= 11 is 3.23. The molecule has 0 amide bonds. The molecule has 0 N–H and O–H groups in total. The van der Waals surface area contributed by atoms with Gasteiger partial charge in [-0.05, 0) is 0 Å². The maximum absolute atomic E-state index is 12.2. The van der Waals surface area contributed by atoms with E-state index in [-0.39, 0.29) is 0 Å². The molecule has 10 heavy (non-hydrogen) atoms. The van der Waals surface area contributed by atoms with Gasteiger partial charge in [0.25, 0.3) is 0 Å². The van der Waals surface area contributed by atoms with Crippen molar-refractivity contribution < 1.29 is 9.13 Å². The second-order valence-electron chi connectivity index (χ2n) is 2.36. The van der Waals surface area contributed by atoms with E-state index in [0.717, 1.165) is 5.33 Å².